The number of nitrogens with zero attached hydrogens (tertiary/aromatic N) is 5. The lowest BCUT2D eigenvalue weighted by atomic mass is 10.1. The van der Waals surface area contributed by atoms with Crippen molar-refractivity contribution in [2.45, 2.75) is 6.42 Å². The van der Waals surface area contributed by atoms with E-state index in [-0.39, 0.29) is 18.4 Å². The quantitative estimate of drug-likeness (QED) is 0.762. The Kier molecular flexibility index (Phi) is 5.08. The Balaban J connectivity index is 1.68. The minimum atomic E-state index is -0.345. The molecule has 2 heterocycles. The van der Waals surface area contributed by atoms with Crippen LogP contribution in [0.4, 0.5) is 10.6 Å². The van der Waals surface area contributed by atoms with E-state index in [0.717, 1.165) is 5.56 Å². The molecular weight excluding hydrogens is 334 g/mol. The zero-order valence-electron chi connectivity index (χ0n) is 14.3. The van der Waals surface area contributed by atoms with Crippen molar-refractivity contribution in [1.29, 1.82) is 5.26 Å². The summed E-state index contributed by atoms with van der Waals surface area (Å²) in [6.45, 7) is 1.33. The van der Waals surface area contributed by atoms with Gasteiger partial charge < -0.3 is 9.64 Å². The van der Waals surface area contributed by atoms with Gasteiger partial charge in [-0.2, -0.15) is 5.26 Å². The lowest BCUT2D eigenvalue weighted by molar-refractivity contribution is -0.140. The van der Waals surface area contributed by atoms with Crippen molar-refractivity contribution in [2.24, 2.45) is 0 Å². The molecular formula is C18H17N5O3. The van der Waals surface area contributed by atoms with Gasteiger partial charge in [-0.3, -0.25) is 9.69 Å². The number of benzene rings is 1. The number of urea groups is 1. The van der Waals surface area contributed by atoms with Crippen molar-refractivity contribution in [3.8, 4) is 17.3 Å². The number of carbonyl (C=O) groups excluding carboxylic acids is 2. The van der Waals surface area contributed by atoms with Crippen molar-refractivity contribution in [3.05, 3.63) is 42.0 Å². The third-order valence-electron chi connectivity index (χ3n) is 4.15. The Morgan fingerprint density at radius 2 is 1.96 bits per heavy atom. The van der Waals surface area contributed by atoms with E-state index >= 15 is 0 Å². The highest BCUT2D eigenvalue weighted by atomic mass is 16.5. The summed E-state index contributed by atoms with van der Waals surface area (Å²) in [5.74, 6) is 0.121. The molecule has 2 amide bonds. The van der Waals surface area contributed by atoms with Crippen molar-refractivity contribution in [2.75, 3.05) is 31.6 Å². The van der Waals surface area contributed by atoms with Crippen molar-refractivity contribution >= 4 is 17.8 Å². The van der Waals surface area contributed by atoms with Crippen molar-refractivity contribution in [1.82, 2.24) is 15.1 Å². The fraction of sp³-hybridized carbons (Fsp3) is 0.278. The van der Waals surface area contributed by atoms with Gasteiger partial charge in [0, 0.05) is 25.2 Å². The van der Waals surface area contributed by atoms with Gasteiger partial charge in [0.15, 0.2) is 5.82 Å². The molecule has 1 aliphatic rings. The Bertz CT molecular complexity index is 843. The molecule has 0 spiro atoms. The average molecular weight is 351 g/mol. The Hall–Kier alpha value is -3.47. The first-order chi connectivity index (χ1) is 12.6. The number of methoxy groups -OCH3 is 1. The molecule has 8 nitrogen and oxygen atoms in total. The number of amides is 2. The van der Waals surface area contributed by atoms with Crippen LogP contribution in [0.1, 0.15) is 12.0 Å². The van der Waals surface area contributed by atoms with Crippen molar-refractivity contribution < 1.29 is 14.3 Å². The van der Waals surface area contributed by atoms with Gasteiger partial charge in [0.05, 0.1) is 30.9 Å². The first kappa shape index (κ1) is 17.4. The number of ether oxygens (including phenoxy) is 1. The van der Waals surface area contributed by atoms with Gasteiger partial charge in [0.1, 0.15) is 0 Å². The molecule has 2 aromatic rings. The number of esters is 1. The van der Waals surface area contributed by atoms with Gasteiger partial charge in [-0.05, 0) is 24.3 Å². The lowest BCUT2D eigenvalue weighted by Gasteiger charge is -2.17. The van der Waals surface area contributed by atoms with E-state index in [1.165, 1.54) is 12.0 Å². The molecule has 0 atom stereocenters. The molecule has 0 N–H and O–H groups in total. The molecule has 0 radical (unpaired) electrons. The maximum Gasteiger partial charge on any atom is 0.325 e. The molecule has 0 bridgehead atoms. The van der Waals surface area contributed by atoms with E-state index < -0.39 is 0 Å². The largest absolute Gasteiger partial charge is 0.469 e. The van der Waals surface area contributed by atoms with Gasteiger partial charge >= 0.3 is 12.0 Å². The molecule has 1 aromatic carbocycles. The summed E-state index contributed by atoms with van der Waals surface area (Å²) < 4.78 is 4.60. The molecule has 0 aliphatic carbocycles. The van der Waals surface area contributed by atoms with Crippen LogP contribution in [0.5, 0.6) is 0 Å². The van der Waals surface area contributed by atoms with E-state index in [9.17, 15) is 9.59 Å². The number of hydrogen-bond acceptors (Lipinski definition) is 6. The monoisotopic (exact) mass is 351 g/mol. The molecule has 8 heteroatoms. The second-order valence-electron chi connectivity index (χ2n) is 5.71. The summed E-state index contributed by atoms with van der Waals surface area (Å²) in [5.41, 5.74) is 2.08. The smallest absolute Gasteiger partial charge is 0.325 e. The number of anilines is 1. The lowest BCUT2D eigenvalue weighted by Crippen LogP contribution is -2.33. The Morgan fingerprint density at radius 1 is 1.19 bits per heavy atom. The van der Waals surface area contributed by atoms with Gasteiger partial charge in [0.25, 0.3) is 0 Å². The zero-order valence-corrected chi connectivity index (χ0v) is 14.3. The summed E-state index contributed by atoms with van der Waals surface area (Å²) in [5, 5.41) is 17.2. The van der Waals surface area contributed by atoms with E-state index in [0.29, 0.717) is 36.7 Å². The van der Waals surface area contributed by atoms with Gasteiger partial charge in [-0.1, -0.05) is 12.1 Å². The number of nitriles is 1. The number of rotatable bonds is 5. The van der Waals surface area contributed by atoms with E-state index in [2.05, 4.69) is 21.0 Å². The number of aromatic nitrogens is 2. The molecule has 1 aliphatic heterocycles. The van der Waals surface area contributed by atoms with Gasteiger partial charge in [0.2, 0.25) is 0 Å². The maximum atomic E-state index is 12.4. The molecule has 1 aromatic heterocycles. The summed E-state index contributed by atoms with van der Waals surface area (Å²) in [7, 11) is 1.32. The van der Waals surface area contributed by atoms with Crippen LogP contribution in [0, 0.1) is 11.3 Å². The van der Waals surface area contributed by atoms with Gasteiger partial charge in [-0.25, -0.2) is 4.79 Å². The van der Waals surface area contributed by atoms with E-state index in [1.807, 2.05) is 0 Å². The first-order valence-electron chi connectivity index (χ1n) is 8.10. The normalized spacial score (nSPS) is 13.6. The summed E-state index contributed by atoms with van der Waals surface area (Å²) in [6, 6.07) is 12.4. The highest BCUT2D eigenvalue weighted by Gasteiger charge is 2.30. The molecule has 132 valence electrons. The standard InChI is InChI=1S/C18H17N5O3/c1-26-17(24)8-9-22-10-11-23(18(22)25)16-7-6-15(20-21-16)14-4-2-13(12-19)3-5-14/h2-7H,8-11H2,1H3. The van der Waals surface area contributed by atoms with Crippen LogP contribution < -0.4 is 4.90 Å². The predicted octanol–water partition coefficient (Wildman–Crippen LogP) is 1.82. The fourth-order valence-corrected chi connectivity index (χ4v) is 2.67. The fourth-order valence-electron chi connectivity index (χ4n) is 2.67. The van der Waals surface area contributed by atoms with Gasteiger partial charge in [-0.15, -0.1) is 10.2 Å². The first-order valence-corrected chi connectivity index (χ1v) is 8.10. The Labute approximate surface area is 150 Å². The van der Waals surface area contributed by atoms with Crippen LogP contribution in [0.15, 0.2) is 36.4 Å². The maximum absolute atomic E-state index is 12.4. The highest BCUT2D eigenvalue weighted by molar-refractivity contribution is 5.93. The second kappa shape index (κ2) is 7.61. The molecule has 1 fully saturated rings. The van der Waals surface area contributed by atoms with E-state index in [4.69, 9.17) is 5.26 Å². The topological polar surface area (TPSA) is 99.4 Å². The summed E-state index contributed by atoms with van der Waals surface area (Å²) in [6.07, 6.45) is 0.166. The minimum Gasteiger partial charge on any atom is -0.469 e. The molecule has 0 saturated carbocycles. The minimum absolute atomic E-state index is 0.166. The number of carbonyl (C=O) groups is 2. The molecule has 0 unspecified atom stereocenters. The zero-order chi connectivity index (χ0) is 18.5. The van der Waals surface area contributed by atoms with Crippen molar-refractivity contribution in [3.63, 3.8) is 0 Å². The van der Waals surface area contributed by atoms with Crippen LogP contribution in [0.3, 0.4) is 0 Å². The third-order valence-corrected chi connectivity index (χ3v) is 4.15. The van der Waals surface area contributed by atoms with Crippen LogP contribution in [0.2, 0.25) is 0 Å². The van der Waals surface area contributed by atoms with Crippen LogP contribution >= 0.6 is 0 Å². The SMILES string of the molecule is COC(=O)CCN1CCN(c2ccc(-c3ccc(C#N)cc3)nn2)C1=O. The molecule has 1 saturated heterocycles. The average Bonchev–Trinajstić information content (AvgIpc) is 3.06. The summed E-state index contributed by atoms with van der Waals surface area (Å²) >= 11 is 0. The Morgan fingerprint density at radius 3 is 2.58 bits per heavy atom. The molecule has 26 heavy (non-hydrogen) atoms. The predicted molar refractivity (Wildman–Crippen MR) is 93.1 cm³/mol. The number of hydrogen-bond donors (Lipinski definition) is 0. The highest BCUT2D eigenvalue weighted by Crippen LogP contribution is 2.21. The van der Waals surface area contributed by atoms with Crippen LogP contribution in [-0.2, 0) is 9.53 Å². The van der Waals surface area contributed by atoms with Crippen LogP contribution in [0.25, 0.3) is 11.3 Å². The van der Waals surface area contributed by atoms with E-state index in [1.54, 1.807) is 41.3 Å². The summed E-state index contributed by atoms with van der Waals surface area (Å²) in [4.78, 5) is 26.8. The molecule has 3 rings (SSSR count). The third kappa shape index (κ3) is 3.62. The second-order valence-corrected chi connectivity index (χ2v) is 5.71. The van der Waals surface area contributed by atoms with Crippen LogP contribution in [-0.4, -0.2) is 53.8 Å².